The van der Waals surface area contributed by atoms with Crippen molar-refractivity contribution in [1.29, 1.82) is 0 Å². The van der Waals surface area contributed by atoms with Crippen molar-refractivity contribution in [3.05, 3.63) is 0 Å². The first kappa shape index (κ1) is 10.0. The van der Waals surface area contributed by atoms with Crippen LogP contribution < -0.4 is 5.32 Å². The third kappa shape index (κ3) is 3.11. The summed E-state index contributed by atoms with van der Waals surface area (Å²) in [5.74, 6) is 0.851. The van der Waals surface area contributed by atoms with E-state index in [1.165, 1.54) is 25.7 Å². The number of hydrogen-bond donors (Lipinski definition) is 2. The van der Waals surface area contributed by atoms with E-state index in [1.807, 2.05) is 6.92 Å². The van der Waals surface area contributed by atoms with Crippen LogP contribution in [-0.4, -0.2) is 23.8 Å². The second kappa shape index (κ2) is 4.83. The van der Waals surface area contributed by atoms with Gasteiger partial charge in [0.05, 0.1) is 6.10 Å². The molecule has 0 radical (unpaired) electrons. The van der Waals surface area contributed by atoms with E-state index >= 15 is 0 Å². The molecule has 2 heteroatoms. The Morgan fingerprint density at radius 3 is 2.42 bits per heavy atom. The summed E-state index contributed by atoms with van der Waals surface area (Å²) < 4.78 is 0. The Balaban J connectivity index is 2.13. The quantitative estimate of drug-likeness (QED) is 0.672. The molecule has 0 heterocycles. The molecule has 0 aliphatic heterocycles. The smallest absolute Gasteiger partial charge is 0.0636 e. The summed E-state index contributed by atoms with van der Waals surface area (Å²) in [6.07, 6.45) is 5.31. The minimum absolute atomic E-state index is 0.214. The average Bonchev–Trinajstić information content (AvgIpc) is 2.51. The van der Waals surface area contributed by atoms with Crippen LogP contribution >= 0.6 is 0 Å². The predicted octanol–water partition coefficient (Wildman–Crippen LogP) is 1.54. The molecule has 2 nitrogen and oxygen atoms in total. The van der Waals surface area contributed by atoms with Gasteiger partial charge in [-0.25, -0.2) is 0 Å². The Morgan fingerprint density at radius 2 is 1.92 bits per heavy atom. The summed E-state index contributed by atoms with van der Waals surface area (Å²) in [5.41, 5.74) is 0. The standard InChI is InChI=1S/C10H21NO/c1-8(12)7-11-9(2)10-5-3-4-6-10/h8-12H,3-7H2,1-2H3/t8-,9-/m0/s1. The molecule has 0 amide bonds. The Morgan fingerprint density at radius 1 is 1.33 bits per heavy atom. The van der Waals surface area contributed by atoms with Crippen LogP contribution in [0, 0.1) is 5.92 Å². The van der Waals surface area contributed by atoms with Crippen LogP contribution in [0.5, 0.6) is 0 Å². The normalized spacial score (nSPS) is 24.2. The lowest BCUT2D eigenvalue weighted by Crippen LogP contribution is -2.36. The van der Waals surface area contributed by atoms with E-state index in [9.17, 15) is 0 Å². The van der Waals surface area contributed by atoms with Crippen LogP contribution in [0.3, 0.4) is 0 Å². The second-order valence-corrected chi connectivity index (χ2v) is 4.09. The summed E-state index contributed by atoms with van der Waals surface area (Å²) in [5, 5.41) is 12.5. The predicted molar refractivity (Wildman–Crippen MR) is 51.1 cm³/mol. The molecule has 72 valence electrons. The zero-order valence-electron chi connectivity index (χ0n) is 8.21. The number of hydrogen-bond acceptors (Lipinski definition) is 2. The molecular formula is C10H21NO. The van der Waals surface area contributed by atoms with E-state index in [0.717, 1.165) is 12.5 Å². The maximum atomic E-state index is 9.08. The van der Waals surface area contributed by atoms with Gasteiger partial charge in [0.25, 0.3) is 0 Å². The fourth-order valence-corrected chi connectivity index (χ4v) is 1.98. The number of aliphatic hydroxyl groups excluding tert-OH is 1. The second-order valence-electron chi connectivity index (χ2n) is 4.09. The molecule has 0 aromatic heterocycles. The highest BCUT2D eigenvalue weighted by atomic mass is 16.3. The lowest BCUT2D eigenvalue weighted by Gasteiger charge is -2.21. The van der Waals surface area contributed by atoms with Gasteiger partial charge in [-0.2, -0.15) is 0 Å². The third-order valence-electron chi connectivity index (χ3n) is 2.84. The number of rotatable bonds is 4. The molecule has 0 unspecified atom stereocenters. The fourth-order valence-electron chi connectivity index (χ4n) is 1.98. The van der Waals surface area contributed by atoms with E-state index in [1.54, 1.807) is 0 Å². The van der Waals surface area contributed by atoms with E-state index in [2.05, 4.69) is 12.2 Å². The van der Waals surface area contributed by atoms with E-state index in [-0.39, 0.29) is 6.10 Å². The highest BCUT2D eigenvalue weighted by Crippen LogP contribution is 2.27. The van der Waals surface area contributed by atoms with Gasteiger partial charge in [-0.05, 0) is 32.6 Å². The molecule has 2 N–H and O–H groups in total. The van der Waals surface area contributed by atoms with Gasteiger partial charge < -0.3 is 10.4 Å². The summed E-state index contributed by atoms with van der Waals surface area (Å²) >= 11 is 0. The van der Waals surface area contributed by atoms with Crippen molar-refractivity contribution in [3.63, 3.8) is 0 Å². The third-order valence-corrected chi connectivity index (χ3v) is 2.84. The first-order valence-corrected chi connectivity index (χ1v) is 5.11. The summed E-state index contributed by atoms with van der Waals surface area (Å²) in [7, 11) is 0. The Kier molecular flexibility index (Phi) is 4.02. The van der Waals surface area contributed by atoms with Crippen molar-refractivity contribution < 1.29 is 5.11 Å². The molecule has 0 bridgehead atoms. The summed E-state index contributed by atoms with van der Waals surface area (Å²) in [6, 6.07) is 0.585. The fraction of sp³-hybridized carbons (Fsp3) is 1.00. The first-order chi connectivity index (χ1) is 5.70. The molecule has 0 spiro atoms. The summed E-state index contributed by atoms with van der Waals surface area (Å²) in [4.78, 5) is 0. The van der Waals surface area contributed by atoms with E-state index in [4.69, 9.17) is 5.11 Å². The molecule has 2 atom stereocenters. The average molecular weight is 171 g/mol. The SMILES string of the molecule is C[C@H](O)CN[C@@H](C)C1CCCC1. The van der Waals surface area contributed by atoms with Crippen molar-refractivity contribution in [2.24, 2.45) is 5.92 Å². The molecule has 1 saturated carbocycles. The highest BCUT2D eigenvalue weighted by Gasteiger charge is 2.20. The van der Waals surface area contributed by atoms with Crippen molar-refractivity contribution in [2.45, 2.75) is 51.7 Å². The van der Waals surface area contributed by atoms with Crippen molar-refractivity contribution >= 4 is 0 Å². The molecule has 12 heavy (non-hydrogen) atoms. The molecule has 0 aromatic carbocycles. The van der Waals surface area contributed by atoms with Crippen LogP contribution in [0.25, 0.3) is 0 Å². The first-order valence-electron chi connectivity index (χ1n) is 5.11. The van der Waals surface area contributed by atoms with E-state index < -0.39 is 0 Å². The molecule has 0 saturated heterocycles. The minimum atomic E-state index is -0.214. The van der Waals surface area contributed by atoms with Crippen LogP contribution in [0.4, 0.5) is 0 Å². The summed E-state index contributed by atoms with van der Waals surface area (Å²) in [6.45, 7) is 4.80. The molecule has 1 fully saturated rings. The lowest BCUT2D eigenvalue weighted by molar-refractivity contribution is 0.181. The van der Waals surface area contributed by atoms with Crippen molar-refractivity contribution in [2.75, 3.05) is 6.54 Å². The van der Waals surface area contributed by atoms with Gasteiger partial charge in [0.15, 0.2) is 0 Å². The van der Waals surface area contributed by atoms with Crippen LogP contribution in [0.15, 0.2) is 0 Å². The molecule has 1 aliphatic rings. The van der Waals surface area contributed by atoms with Crippen LogP contribution in [-0.2, 0) is 0 Å². The van der Waals surface area contributed by atoms with Crippen molar-refractivity contribution in [1.82, 2.24) is 5.32 Å². The largest absolute Gasteiger partial charge is 0.392 e. The number of aliphatic hydroxyl groups is 1. The van der Waals surface area contributed by atoms with E-state index in [0.29, 0.717) is 6.04 Å². The Hall–Kier alpha value is -0.0800. The van der Waals surface area contributed by atoms with Gasteiger partial charge in [-0.1, -0.05) is 12.8 Å². The van der Waals surface area contributed by atoms with Gasteiger partial charge in [-0.15, -0.1) is 0 Å². The van der Waals surface area contributed by atoms with Gasteiger partial charge in [0.2, 0.25) is 0 Å². The molecule has 1 aliphatic carbocycles. The zero-order valence-corrected chi connectivity index (χ0v) is 8.21. The molecular weight excluding hydrogens is 150 g/mol. The highest BCUT2D eigenvalue weighted by molar-refractivity contribution is 4.77. The Labute approximate surface area is 75.4 Å². The van der Waals surface area contributed by atoms with Gasteiger partial charge in [0, 0.05) is 12.6 Å². The van der Waals surface area contributed by atoms with Gasteiger partial charge in [0.1, 0.15) is 0 Å². The molecule has 0 aromatic rings. The van der Waals surface area contributed by atoms with Crippen molar-refractivity contribution in [3.8, 4) is 0 Å². The Bertz CT molecular complexity index is 119. The van der Waals surface area contributed by atoms with Crippen LogP contribution in [0.1, 0.15) is 39.5 Å². The van der Waals surface area contributed by atoms with Gasteiger partial charge in [-0.3, -0.25) is 0 Å². The van der Waals surface area contributed by atoms with Gasteiger partial charge >= 0.3 is 0 Å². The zero-order chi connectivity index (χ0) is 8.97. The topological polar surface area (TPSA) is 32.3 Å². The monoisotopic (exact) mass is 171 g/mol. The number of nitrogens with one attached hydrogen (secondary N) is 1. The van der Waals surface area contributed by atoms with Crippen LogP contribution in [0.2, 0.25) is 0 Å². The minimum Gasteiger partial charge on any atom is -0.392 e. The maximum Gasteiger partial charge on any atom is 0.0636 e. The lowest BCUT2D eigenvalue weighted by atomic mass is 10.00. The molecule has 1 rings (SSSR count). The maximum absolute atomic E-state index is 9.08.